The predicted octanol–water partition coefficient (Wildman–Crippen LogP) is 1.90. The van der Waals surface area contributed by atoms with Crippen LogP contribution < -0.4 is 0 Å². The van der Waals surface area contributed by atoms with Crippen molar-refractivity contribution in [2.24, 2.45) is 0 Å². The fourth-order valence-corrected chi connectivity index (χ4v) is 1.15. The van der Waals surface area contributed by atoms with Crippen LogP contribution in [0.3, 0.4) is 0 Å². The summed E-state index contributed by atoms with van der Waals surface area (Å²) < 4.78 is 2.03. The number of allylic oxidation sites excluding steroid dienone is 1. The Morgan fingerprint density at radius 3 is 3.08 bits per heavy atom. The van der Waals surface area contributed by atoms with Crippen LogP contribution in [-0.4, -0.2) is 15.8 Å². The fourth-order valence-electron chi connectivity index (χ4n) is 1.15. The van der Waals surface area contributed by atoms with Gasteiger partial charge in [0.05, 0.1) is 18.2 Å². The molecular formula is C10H14N2O. The zero-order chi connectivity index (χ0) is 9.68. The first-order chi connectivity index (χ1) is 6.27. The monoisotopic (exact) mass is 178 g/mol. The van der Waals surface area contributed by atoms with Crippen LogP contribution in [0, 0.1) is 0 Å². The third-order valence-corrected chi connectivity index (χ3v) is 1.77. The standard InChI is InChI=1S/C10H14N2O/c1-3-4-12-8-11-6-10(12)5-9(2)7-13/h5-8H,3-4H2,1-2H3. The highest BCUT2D eigenvalue weighted by Crippen LogP contribution is 2.05. The SMILES string of the molecule is CCCn1cncc1C=C(C)C=O. The molecule has 0 aliphatic heterocycles. The van der Waals surface area contributed by atoms with Gasteiger partial charge in [0.2, 0.25) is 0 Å². The van der Waals surface area contributed by atoms with Crippen LogP contribution in [0.4, 0.5) is 0 Å². The van der Waals surface area contributed by atoms with Gasteiger partial charge in [-0.3, -0.25) is 4.79 Å². The van der Waals surface area contributed by atoms with Crippen molar-refractivity contribution in [2.75, 3.05) is 0 Å². The van der Waals surface area contributed by atoms with E-state index in [0.717, 1.165) is 30.5 Å². The second kappa shape index (κ2) is 4.60. The first-order valence-corrected chi connectivity index (χ1v) is 4.41. The van der Waals surface area contributed by atoms with Crippen molar-refractivity contribution >= 4 is 12.4 Å². The average molecular weight is 178 g/mol. The van der Waals surface area contributed by atoms with E-state index < -0.39 is 0 Å². The number of nitrogens with zero attached hydrogens (tertiary/aromatic N) is 2. The van der Waals surface area contributed by atoms with E-state index in [2.05, 4.69) is 11.9 Å². The Balaban J connectivity index is 2.87. The highest BCUT2D eigenvalue weighted by Gasteiger charge is 1.97. The molecular weight excluding hydrogens is 164 g/mol. The number of rotatable bonds is 4. The number of hydrogen-bond acceptors (Lipinski definition) is 2. The minimum Gasteiger partial charge on any atom is -0.331 e. The molecule has 0 radical (unpaired) electrons. The van der Waals surface area contributed by atoms with Gasteiger partial charge in [-0.15, -0.1) is 0 Å². The Bertz CT molecular complexity index is 312. The minimum atomic E-state index is 0.720. The second-order valence-corrected chi connectivity index (χ2v) is 3.02. The fraction of sp³-hybridized carbons (Fsp3) is 0.400. The number of carbonyl (C=O) groups excluding carboxylic acids is 1. The van der Waals surface area contributed by atoms with Crippen LogP contribution >= 0.6 is 0 Å². The molecule has 0 aromatic carbocycles. The van der Waals surface area contributed by atoms with Crippen LogP contribution in [0.15, 0.2) is 18.1 Å². The van der Waals surface area contributed by atoms with Crippen molar-refractivity contribution < 1.29 is 4.79 Å². The number of hydrogen-bond donors (Lipinski definition) is 0. The lowest BCUT2D eigenvalue weighted by Crippen LogP contribution is -1.97. The molecule has 1 rings (SSSR count). The van der Waals surface area contributed by atoms with E-state index in [1.54, 1.807) is 19.4 Å². The molecule has 0 saturated carbocycles. The summed E-state index contributed by atoms with van der Waals surface area (Å²) in [5.41, 5.74) is 1.71. The molecule has 1 aromatic rings. The van der Waals surface area contributed by atoms with Gasteiger partial charge in [0.15, 0.2) is 0 Å². The van der Waals surface area contributed by atoms with Gasteiger partial charge in [0, 0.05) is 6.54 Å². The third kappa shape index (κ3) is 2.54. The molecule has 13 heavy (non-hydrogen) atoms. The third-order valence-electron chi connectivity index (χ3n) is 1.77. The lowest BCUT2D eigenvalue weighted by Gasteiger charge is -2.01. The number of carbonyl (C=O) groups is 1. The van der Waals surface area contributed by atoms with E-state index in [9.17, 15) is 4.79 Å². The first kappa shape index (κ1) is 9.71. The van der Waals surface area contributed by atoms with E-state index in [0.29, 0.717) is 0 Å². The lowest BCUT2D eigenvalue weighted by atomic mass is 10.2. The molecule has 0 unspecified atom stereocenters. The van der Waals surface area contributed by atoms with E-state index in [1.165, 1.54) is 0 Å². The molecule has 0 atom stereocenters. The zero-order valence-corrected chi connectivity index (χ0v) is 8.03. The molecule has 0 saturated heterocycles. The maximum atomic E-state index is 10.4. The minimum absolute atomic E-state index is 0.720. The molecule has 0 amide bonds. The lowest BCUT2D eigenvalue weighted by molar-refractivity contribution is -0.104. The Morgan fingerprint density at radius 1 is 1.69 bits per heavy atom. The van der Waals surface area contributed by atoms with Crippen LogP contribution in [-0.2, 0) is 11.3 Å². The Labute approximate surface area is 78.1 Å². The van der Waals surface area contributed by atoms with Crippen LogP contribution in [0.1, 0.15) is 26.0 Å². The highest BCUT2D eigenvalue weighted by atomic mass is 16.1. The number of aryl methyl sites for hydroxylation is 1. The van der Waals surface area contributed by atoms with E-state index in [-0.39, 0.29) is 0 Å². The average Bonchev–Trinajstić information content (AvgIpc) is 2.54. The molecule has 3 nitrogen and oxygen atoms in total. The Morgan fingerprint density at radius 2 is 2.46 bits per heavy atom. The van der Waals surface area contributed by atoms with Gasteiger partial charge in [-0.05, 0) is 25.0 Å². The number of imidazole rings is 1. The molecule has 0 fully saturated rings. The quantitative estimate of drug-likeness (QED) is 0.521. The maximum absolute atomic E-state index is 10.4. The maximum Gasteiger partial charge on any atom is 0.145 e. The Hall–Kier alpha value is -1.38. The molecule has 0 N–H and O–H groups in total. The van der Waals surface area contributed by atoms with Gasteiger partial charge in [-0.25, -0.2) is 4.98 Å². The van der Waals surface area contributed by atoms with Crippen molar-refractivity contribution in [2.45, 2.75) is 26.8 Å². The molecule has 1 aromatic heterocycles. The molecule has 0 aliphatic rings. The largest absolute Gasteiger partial charge is 0.331 e. The first-order valence-electron chi connectivity index (χ1n) is 4.41. The predicted molar refractivity (Wildman–Crippen MR) is 52.2 cm³/mol. The number of aromatic nitrogens is 2. The van der Waals surface area contributed by atoms with E-state index in [1.807, 2.05) is 10.6 Å². The summed E-state index contributed by atoms with van der Waals surface area (Å²) in [6, 6.07) is 0. The summed E-state index contributed by atoms with van der Waals surface area (Å²) in [5.74, 6) is 0. The van der Waals surface area contributed by atoms with Crippen LogP contribution in [0.2, 0.25) is 0 Å². The van der Waals surface area contributed by atoms with Crippen LogP contribution in [0.25, 0.3) is 6.08 Å². The number of aldehydes is 1. The van der Waals surface area contributed by atoms with Gasteiger partial charge in [0.25, 0.3) is 0 Å². The van der Waals surface area contributed by atoms with Crippen molar-refractivity contribution in [1.29, 1.82) is 0 Å². The van der Waals surface area contributed by atoms with Gasteiger partial charge < -0.3 is 4.57 Å². The zero-order valence-electron chi connectivity index (χ0n) is 8.03. The van der Waals surface area contributed by atoms with Gasteiger partial charge in [-0.2, -0.15) is 0 Å². The van der Waals surface area contributed by atoms with Crippen molar-refractivity contribution in [3.05, 3.63) is 23.8 Å². The molecule has 70 valence electrons. The molecule has 0 aliphatic carbocycles. The topological polar surface area (TPSA) is 34.9 Å². The molecule has 0 spiro atoms. The van der Waals surface area contributed by atoms with Crippen molar-refractivity contribution in [3.8, 4) is 0 Å². The molecule has 1 heterocycles. The van der Waals surface area contributed by atoms with Gasteiger partial charge >= 0.3 is 0 Å². The summed E-state index contributed by atoms with van der Waals surface area (Å²) >= 11 is 0. The normalized spacial score (nSPS) is 11.7. The summed E-state index contributed by atoms with van der Waals surface area (Å²) in [5, 5.41) is 0. The summed E-state index contributed by atoms with van der Waals surface area (Å²) in [6.07, 6.45) is 7.31. The van der Waals surface area contributed by atoms with Crippen molar-refractivity contribution in [3.63, 3.8) is 0 Å². The summed E-state index contributed by atoms with van der Waals surface area (Å²) in [6.45, 7) is 4.84. The highest BCUT2D eigenvalue weighted by molar-refractivity contribution is 5.80. The van der Waals surface area contributed by atoms with Gasteiger partial charge in [-0.1, -0.05) is 6.92 Å². The second-order valence-electron chi connectivity index (χ2n) is 3.02. The van der Waals surface area contributed by atoms with Crippen LogP contribution in [0.5, 0.6) is 0 Å². The summed E-state index contributed by atoms with van der Waals surface area (Å²) in [7, 11) is 0. The molecule has 3 heteroatoms. The summed E-state index contributed by atoms with van der Waals surface area (Å²) in [4.78, 5) is 14.4. The smallest absolute Gasteiger partial charge is 0.145 e. The van der Waals surface area contributed by atoms with Crippen molar-refractivity contribution in [1.82, 2.24) is 9.55 Å². The Kier molecular flexibility index (Phi) is 3.43. The van der Waals surface area contributed by atoms with Gasteiger partial charge in [0.1, 0.15) is 6.29 Å². The molecule has 0 bridgehead atoms. The van der Waals surface area contributed by atoms with E-state index in [4.69, 9.17) is 0 Å². The van der Waals surface area contributed by atoms with E-state index >= 15 is 0 Å².